The zero-order valence-corrected chi connectivity index (χ0v) is 25.4. The van der Waals surface area contributed by atoms with E-state index in [0.717, 1.165) is 28.3 Å². The highest BCUT2D eigenvalue weighted by Gasteiger charge is 2.34. The second-order valence-corrected chi connectivity index (χ2v) is 11.9. The monoisotopic (exact) mass is 579 g/mol. The molecule has 1 unspecified atom stereocenters. The lowest BCUT2D eigenvalue weighted by molar-refractivity contribution is -0.140. The first-order chi connectivity index (χ1) is 19.6. The molecule has 3 aromatic rings. The van der Waals surface area contributed by atoms with Crippen LogP contribution >= 0.6 is 0 Å². The number of hydrogen-bond donors (Lipinski definition) is 1. The van der Waals surface area contributed by atoms with Gasteiger partial charge in [0.15, 0.2) is 0 Å². The van der Waals surface area contributed by atoms with E-state index in [2.05, 4.69) is 5.32 Å². The Bertz CT molecular complexity index is 1420. The van der Waals surface area contributed by atoms with Crippen LogP contribution in [0.2, 0.25) is 0 Å². The van der Waals surface area contributed by atoms with Crippen molar-refractivity contribution in [1.82, 2.24) is 10.2 Å². The Kier molecular flexibility index (Phi) is 11.3. The number of aryl methyl sites for hydroxylation is 2. The number of sulfonamides is 1. The van der Waals surface area contributed by atoms with Gasteiger partial charge in [-0.15, -0.1) is 0 Å². The van der Waals surface area contributed by atoms with Crippen molar-refractivity contribution in [2.24, 2.45) is 0 Å². The number of carbonyl (C=O) groups excluding carboxylic acids is 2. The van der Waals surface area contributed by atoms with Crippen molar-refractivity contribution in [3.63, 3.8) is 0 Å². The molecule has 0 saturated heterocycles. The molecule has 0 radical (unpaired) electrons. The first-order valence-corrected chi connectivity index (χ1v) is 15.4. The standard InChI is InChI=1S/C32H41N3O5S/c1-6-8-20-33-32(37)29(7-2)34(22-26-13-11-14-27(21-26)40-5)31(36)23-35(30-15-10-9-12-25(30)4)41(38,39)28-18-16-24(3)17-19-28/h9-19,21,29H,6-8,20,22-23H2,1-5H3,(H,33,37). The van der Waals surface area contributed by atoms with E-state index < -0.39 is 28.5 Å². The van der Waals surface area contributed by atoms with Gasteiger partial charge in [0.1, 0.15) is 18.3 Å². The predicted molar refractivity (Wildman–Crippen MR) is 162 cm³/mol. The summed E-state index contributed by atoms with van der Waals surface area (Å²) >= 11 is 0. The highest BCUT2D eigenvalue weighted by molar-refractivity contribution is 7.92. The molecule has 0 spiro atoms. The zero-order chi connectivity index (χ0) is 30.0. The van der Waals surface area contributed by atoms with E-state index in [1.54, 1.807) is 49.6 Å². The van der Waals surface area contributed by atoms with Crippen molar-refractivity contribution in [1.29, 1.82) is 0 Å². The van der Waals surface area contributed by atoms with Crippen LogP contribution in [0.5, 0.6) is 5.75 Å². The third kappa shape index (κ3) is 8.10. The van der Waals surface area contributed by atoms with Crippen molar-refractivity contribution in [3.05, 3.63) is 89.5 Å². The van der Waals surface area contributed by atoms with E-state index in [0.29, 0.717) is 30.0 Å². The topological polar surface area (TPSA) is 96.0 Å². The molecule has 9 heteroatoms. The summed E-state index contributed by atoms with van der Waals surface area (Å²) in [6.07, 6.45) is 2.11. The molecular formula is C32H41N3O5S. The van der Waals surface area contributed by atoms with Crippen molar-refractivity contribution >= 4 is 27.5 Å². The quantitative estimate of drug-likeness (QED) is 0.264. The van der Waals surface area contributed by atoms with Gasteiger partial charge in [0, 0.05) is 13.1 Å². The maximum absolute atomic E-state index is 14.2. The minimum atomic E-state index is -4.11. The molecule has 220 valence electrons. The van der Waals surface area contributed by atoms with Crippen LogP contribution < -0.4 is 14.4 Å². The molecule has 8 nitrogen and oxygen atoms in total. The summed E-state index contributed by atoms with van der Waals surface area (Å²) in [6, 6.07) is 20.1. The van der Waals surface area contributed by atoms with Gasteiger partial charge < -0.3 is 15.0 Å². The molecule has 0 heterocycles. The average Bonchev–Trinajstić information content (AvgIpc) is 2.96. The minimum Gasteiger partial charge on any atom is -0.497 e. The maximum Gasteiger partial charge on any atom is 0.264 e. The highest BCUT2D eigenvalue weighted by Crippen LogP contribution is 2.28. The number of para-hydroxylation sites is 1. The highest BCUT2D eigenvalue weighted by atomic mass is 32.2. The lowest BCUT2D eigenvalue weighted by Gasteiger charge is -2.33. The molecule has 0 aliphatic carbocycles. The van der Waals surface area contributed by atoms with Crippen LogP contribution in [0.15, 0.2) is 77.7 Å². The molecule has 0 saturated carbocycles. The van der Waals surface area contributed by atoms with E-state index in [1.165, 1.54) is 4.90 Å². The fraction of sp³-hybridized carbons (Fsp3) is 0.375. The number of nitrogens with zero attached hydrogens (tertiary/aromatic N) is 2. The first kappa shape index (κ1) is 31.7. The fourth-order valence-corrected chi connectivity index (χ4v) is 6.07. The lowest BCUT2D eigenvalue weighted by atomic mass is 10.1. The number of rotatable bonds is 14. The van der Waals surface area contributed by atoms with E-state index >= 15 is 0 Å². The third-order valence-corrected chi connectivity index (χ3v) is 8.75. The normalized spacial score (nSPS) is 11.9. The van der Waals surface area contributed by atoms with E-state index in [-0.39, 0.29) is 17.3 Å². The number of amides is 2. The molecule has 1 N–H and O–H groups in total. The van der Waals surface area contributed by atoms with Crippen molar-refractivity contribution in [2.45, 2.75) is 64.4 Å². The van der Waals surface area contributed by atoms with Gasteiger partial charge in [-0.3, -0.25) is 13.9 Å². The molecule has 0 aromatic heterocycles. The van der Waals surface area contributed by atoms with Gasteiger partial charge in [0.05, 0.1) is 17.7 Å². The van der Waals surface area contributed by atoms with Crippen LogP contribution in [0.1, 0.15) is 49.8 Å². The number of nitrogens with one attached hydrogen (secondary N) is 1. The predicted octanol–water partition coefficient (Wildman–Crippen LogP) is 5.23. The molecule has 0 aliphatic heterocycles. The minimum absolute atomic E-state index is 0.0860. The fourth-order valence-electron chi connectivity index (χ4n) is 4.59. The summed E-state index contributed by atoms with van der Waals surface area (Å²) in [5.41, 5.74) is 2.80. The smallest absolute Gasteiger partial charge is 0.264 e. The maximum atomic E-state index is 14.2. The van der Waals surface area contributed by atoms with E-state index in [4.69, 9.17) is 4.74 Å². The number of benzene rings is 3. The number of ether oxygens (including phenoxy) is 1. The molecule has 2 amide bonds. The first-order valence-electron chi connectivity index (χ1n) is 14.0. The Morgan fingerprint density at radius 2 is 1.66 bits per heavy atom. The Balaban J connectivity index is 2.05. The Morgan fingerprint density at radius 3 is 2.29 bits per heavy atom. The zero-order valence-electron chi connectivity index (χ0n) is 24.6. The largest absolute Gasteiger partial charge is 0.497 e. The van der Waals surface area contributed by atoms with Gasteiger partial charge in [-0.25, -0.2) is 8.42 Å². The third-order valence-electron chi connectivity index (χ3n) is 6.97. The van der Waals surface area contributed by atoms with Crippen LogP contribution in [0, 0.1) is 13.8 Å². The van der Waals surface area contributed by atoms with Gasteiger partial charge in [-0.2, -0.15) is 0 Å². The number of carbonyl (C=O) groups is 2. The molecule has 3 rings (SSSR count). The molecule has 41 heavy (non-hydrogen) atoms. The van der Waals surface area contributed by atoms with Crippen LogP contribution in [-0.2, 0) is 26.2 Å². The average molecular weight is 580 g/mol. The van der Waals surface area contributed by atoms with E-state index in [9.17, 15) is 18.0 Å². The Hall–Kier alpha value is -3.85. The Morgan fingerprint density at radius 1 is 0.951 bits per heavy atom. The summed E-state index contributed by atoms with van der Waals surface area (Å²) in [5, 5.41) is 2.94. The number of anilines is 1. The Labute approximate surface area is 244 Å². The molecule has 1 atom stereocenters. The van der Waals surface area contributed by atoms with E-state index in [1.807, 2.05) is 58.0 Å². The van der Waals surface area contributed by atoms with Crippen LogP contribution in [0.4, 0.5) is 5.69 Å². The molecule has 0 aliphatic rings. The van der Waals surface area contributed by atoms with Gasteiger partial charge in [-0.1, -0.05) is 68.3 Å². The number of methoxy groups -OCH3 is 1. The van der Waals surface area contributed by atoms with Crippen molar-refractivity contribution < 1.29 is 22.7 Å². The summed E-state index contributed by atoms with van der Waals surface area (Å²) in [4.78, 5) is 29.0. The molecule has 0 fully saturated rings. The second kappa shape index (κ2) is 14.7. The molecule has 3 aromatic carbocycles. The summed E-state index contributed by atoms with van der Waals surface area (Å²) in [7, 11) is -2.55. The molecular weight excluding hydrogens is 538 g/mol. The second-order valence-electron chi connectivity index (χ2n) is 10.1. The molecule has 0 bridgehead atoms. The summed E-state index contributed by atoms with van der Waals surface area (Å²) < 4.78 is 34.5. The number of hydrogen-bond acceptors (Lipinski definition) is 5. The van der Waals surface area contributed by atoms with Gasteiger partial charge >= 0.3 is 0 Å². The summed E-state index contributed by atoms with van der Waals surface area (Å²) in [6.45, 7) is 7.72. The SMILES string of the molecule is CCCCNC(=O)C(CC)N(Cc1cccc(OC)c1)C(=O)CN(c1ccccc1C)S(=O)(=O)c1ccc(C)cc1. The van der Waals surface area contributed by atoms with Crippen molar-refractivity contribution in [2.75, 3.05) is 24.5 Å². The van der Waals surface area contributed by atoms with Gasteiger partial charge in [-0.05, 0) is 68.1 Å². The van der Waals surface area contributed by atoms with Crippen LogP contribution in [-0.4, -0.2) is 51.4 Å². The summed E-state index contributed by atoms with van der Waals surface area (Å²) in [5.74, 6) is -0.121. The van der Waals surface area contributed by atoms with Crippen LogP contribution in [0.3, 0.4) is 0 Å². The van der Waals surface area contributed by atoms with Gasteiger partial charge in [0.2, 0.25) is 11.8 Å². The van der Waals surface area contributed by atoms with Crippen molar-refractivity contribution in [3.8, 4) is 5.75 Å². The number of unbranched alkanes of at least 4 members (excludes halogenated alkanes) is 1. The lowest BCUT2D eigenvalue weighted by Crippen LogP contribution is -2.52. The van der Waals surface area contributed by atoms with Crippen LogP contribution in [0.25, 0.3) is 0 Å². The van der Waals surface area contributed by atoms with Gasteiger partial charge in [0.25, 0.3) is 10.0 Å².